The first-order valence-electron chi connectivity index (χ1n) is 11.1. The van der Waals surface area contributed by atoms with E-state index in [9.17, 15) is 4.79 Å². The minimum absolute atomic E-state index is 0.192. The highest BCUT2D eigenvalue weighted by Gasteiger charge is 2.19. The van der Waals surface area contributed by atoms with Gasteiger partial charge in [0.25, 0.3) is 0 Å². The molecule has 0 spiro atoms. The minimum Gasteiger partial charge on any atom is -0.497 e. The molecule has 1 heterocycles. The molecule has 0 aliphatic carbocycles. The number of allylic oxidation sites excluding steroid dienone is 1. The number of carbonyl (C=O) groups is 1. The molecule has 0 saturated heterocycles. The van der Waals surface area contributed by atoms with Gasteiger partial charge in [0, 0.05) is 33.8 Å². The molecule has 0 saturated carbocycles. The number of benzene rings is 3. The third-order valence-corrected chi connectivity index (χ3v) is 6.20. The summed E-state index contributed by atoms with van der Waals surface area (Å²) < 4.78 is 16.9. The molecule has 3 aromatic carbocycles. The maximum atomic E-state index is 12.8. The van der Waals surface area contributed by atoms with E-state index >= 15 is 0 Å². The van der Waals surface area contributed by atoms with Crippen molar-refractivity contribution >= 4 is 28.1 Å². The van der Waals surface area contributed by atoms with Crippen LogP contribution >= 0.6 is 0 Å². The molecule has 0 fully saturated rings. The zero-order valence-electron chi connectivity index (χ0n) is 20.4. The van der Waals surface area contributed by atoms with E-state index in [1.54, 1.807) is 26.6 Å². The van der Waals surface area contributed by atoms with E-state index in [4.69, 9.17) is 13.9 Å². The predicted molar refractivity (Wildman–Crippen MR) is 138 cm³/mol. The highest BCUT2D eigenvalue weighted by atomic mass is 16.5. The highest BCUT2D eigenvalue weighted by Crippen LogP contribution is 2.40. The molecular weight excluding hydrogens is 426 g/mol. The number of nitrogens with one attached hydrogen (secondary N) is 1. The van der Waals surface area contributed by atoms with Crippen LogP contribution < -0.4 is 14.8 Å². The SMILES string of the molecule is COc1ccc(-c2coc3c(C)c(OC)c(/C(C)=C/C(=O)Nc4ccc(C)c(C)c4)cc23)cc1. The van der Waals surface area contributed by atoms with Gasteiger partial charge in [0.1, 0.15) is 17.1 Å². The van der Waals surface area contributed by atoms with Gasteiger partial charge >= 0.3 is 0 Å². The normalized spacial score (nSPS) is 11.5. The van der Waals surface area contributed by atoms with Crippen molar-refractivity contribution in [2.45, 2.75) is 27.7 Å². The number of hydrogen-bond acceptors (Lipinski definition) is 4. The Labute approximate surface area is 200 Å². The lowest BCUT2D eigenvalue weighted by Gasteiger charge is -2.13. The fraction of sp³-hybridized carbons (Fsp3) is 0.207. The molecule has 0 unspecified atom stereocenters. The molecular formula is C29H29NO4. The maximum absolute atomic E-state index is 12.8. The summed E-state index contributed by atoms with van der Waals surface area (Å²) in [7, 11) is 3.28. The molecule has 34 heavy (non-hydrogen) atoms. The molecule has 5 heteroatoms. The number of carbonyl (C=O) groups excluding carboxylic acids is 1. The number of anilines is 1. The summed E-state index contributed by atoms with van der Waals surface area (Å²) >= 11 is 0. The second-order valence-electron chi connectivity index (χ2n) is 8.45. The van der Waals surface area contributed by atoms with Crippen molar-refractivity contribution in [1.82, 2.24) is 0 Å². The lowest BCUT2D eigenvalue weighted by Crippen LogP contribution is -2.09. The predicted octanol–water partition coefficient (Wildman–Crippen LogP) is 7.08. The number of amides is 1. The molecule has 174 valence electrons. The third kappa shape index (κ3) is 4.42. The second kappa shape index (κ2) is 9.48. The van der Waals surface area contributed by atoms with Crippen molar-refractivity contribution in [2.75, 3.05) is 19.5 Å². The van der Waals surface area contributed by atoms with Gasteiger partial charge in [-0.15, -0.1) is 0 Å². The second-order valence-corrected chi connectivity index (χ2v) is 8.45. The Balaban J connectivity index is 1.74. The lowest BCUT2D eigenvalue weighted by molar-refractivity contribution is -0.111. The van der Waals surface area contributed by atoms with Crippen LogP contribution in [0.15, 0.2) is 65.3 Å². The van der Waals surface area contributed by atoms with Crippen LogP contribution in [0.4, 0.5) is 5.69 Å². The molecule has 4 aromatic rings. The Morgan fingerprint density at radius 2 is 1.68 bits per heavy atom. The average Bonchev–Trinajstić information content (AvgIpc) is 3.25. The van der Waals surface area contributed by atoms with Crippen LogP contribution in [0.2, 0.25) is 0 Å². The van der Waals surface area contributed by atoms with E-state index in [1.807, 2.05) is 76.2 Å². The molecule has 1 aromatic heterocycles. The Morgan fingerprint density at radius 3 is 2.32 bits per heavy atom. The Kier molecular flexibility index (Phi) is 6.46. The molecule has 0 bridgehead atoms. The van der Waals surface area contributed by atoms with Gasteiger partial charge in [0.15, 0.2) is 0 Å². The molecule has 0 atom stereocenters. The molecule has 0 radical (unpaired) electrons. The molecule has 4 rings (SSSR count). The van der Waals surface area contributed by atoms with E-state index in [0.717, 1.165) is 55.8 Å². The topological polar surface area (TPSA) is 60.7 Å². The smallest absolute Gasteiger partial charge is 0.248 e. The zero-order valence-corrected chi connectivity index (χ0v) is 20.4. The number of aryl methyl sites for hydroxylation is 3. The van der Waals surface area contributed by atoms with E-state index in [2.05, 4.69) is 5.32 Å². The maximum Gasteiger partial charge on any atom is 0.248 e. The van der Waals surface area contributed by atoms with Crippen molar-refractivity contribution in [3.63, 3.8) is 0 Å². The molecule has 0 aliphatic rings. The van der Waals surface area contributed by atoms with Gasteiger partial charge in [-0.1, -0.05) is 18.2 Å². The van der Waals surface area contributed by atoms with Crippen molar-refractivity contribution in [3.05, 3.63) is 83.1 Å². The first-order valence-corrected chi connectivity index (χ1v) is 11.1. The van der Waals surface area contributed by atoms with Crippen molar-refractivity contribution < 1.29 is 18.7 Å². The summed E-state index contributed by atoms with van der Waals surface area (Å²) in [5.41, 5.74) is 8.37. The fourth-order valence-corrected chi connectivity index (χ4v) is 4.14. The minimum atomic E-state index is -0.192. The van der Waals surface area contributed by atoms with Gasteiger partial charge in [0.2, 0.25) is 5.91 Å². The number of ether oxygens (including phenoxy) is 2. The van der Waals surface area contributed by atoms with Gasteiger partial charge < -0.3 is 19.2 Å². The first kappa shape index (κ1) is 23.2. The van der Waals surface area contributed by atoms with Gasteiger partial charge in [0.05, 0.1) is 20.5 Å². The summed E-state index contributed by atoms with van der Waals surface area (Å²) in [6, 6.07) is 15.8. The number of furan rings is 1. The van der Waals surface area contributed by atoms with Crippen LogP contribution in [0.1, 0.15) is 29.2 Å². The van der Waals surface area contributed by atoms with Crippen LogP contribution in [-0.4, -0.2) is 20.1 Å². The van der Waals surface area contributed by atoms with E-state index in [1.165, 1.54) is 5.56 Å². The Morgan fingerprint density at radius 1 is 0.941 bits per heavy atom. The standard InChI is InChI=1S/C29H29NO4/c1-17-7-10-22(13-18(17)2)30-27(31)14-19(3)24-15-25-26(21-8-11-23(32-5)12-9-21)16-34-29(25)20(4)28(24)33-6/h7-16H,1-6H3,(H,30,31)/b19-14+. The van der Waals surface area contributed by atoms with Crippen molar-refractivity contribution in [1.29, 1.82) is 0 Å². The van der Waals surface area contributed by atoms with Crippen LogP contribution in [-0.2, 0) is 4.79 Å². The summed E-state index contributed by atoms with van der Waals surface area (Å²) in [5, 5.41) is 3.92. The van der Waals surface area contributed by atoms with Crippen LogP contribution in [0.3, 0.4) is 0 Å². The lowest BCUT2D eigenvalue weighted by atomic mass is 9.96. The summed E-state index contributed by atoms with van der Waals surface area (Å²) in [5.74, 6) is 1.29. The van der Waals surface area contributed by atoms with E-state index < -0.39 is 0 Å². The largest absolute Gasteiger partial charge is 0.497 e. The number of rotatable bonds is 6. The third-order valence-electron chi connectivity index (χ3n) is 6.20. The van der Waals surface area contributed by atoms with Crippen LogP contribution in [0.25, 0.3) is 27.7 Å². The van der Waals surface area contributed by atoms with Gasteiger partial charge in [-0.25, -0.2) is 0 Å². The fourth-order valence-electron chi connectivity index (χ4n) is 4.14. The average molecular weight is 456 g/mol. The van der Waals surface area contributed by atoms with Gasteiger partial charge in [-0.05, 0) is 80.3 Å². The number of hydrogen-bond donors (Lipinski definition) is 1. The quantitative estimate of drug-likeness (QED) is 0.316. The molecule has 0 aliphatic heterocycles. The van der Waals surface area contributed by atoms with E-state index in [0.29, 0.717) is 5.75 Å². The van der Waals surface area contributed by atoms with Crippen LogP contribution in [0, 0.1) is 20.8 Å². The molecule has 1 amide bonds. The Bertz CT molecular complexity index is 1390. The Hall–Kier alpha value is -3.99. The van der Waals surface area contributed by atoms with E-state index in [-0.39, 0.29) is 5.91 Å². The highest BCUT2D eigenvalue weighted by molar-refractivity contribution is 6.06. The molecule has 5 nitrogen and oxygen atoms in total. The zero-order chi connectivity index (χ0) is 24.4. The van der Waals surface area contributed by atoms with Crippen molar-refractivity contribution in [3.8, 4) is 22.6 Å². The summed E-state index contributed by atoms with van der Waals surface area (Å²) in [6.07, 6.45) is 3.36. The summed E-state index contributed by atoms with van der Waals surface area (Å²) in [6.45, 7) is 7.96. The summed E-state index contributed by atoms with van der Waals surface area (Å²) in [4.78, 5) is 12.8. The number of methoxy groups -OCH3 is 2. The number of fused-ring (bicyclic) bond motifs is 1. The first-order chi connectivity index (χ1) is 16.3. The van der Waals surface area contributed by atoms with Crippen molar-refractivity contribution in [2.24, 2.45) is 0 Å². The molecule has 1 N–H and O–H groups in total. The van der Waals surface area contributed by atoms with Gasteiger partial charge in [-0.2, -0.15) is 0 Å². The monoisotopic (exact) mass is 455 g/mol. The van der Waals surface area contributed by atoms with Crippen LogP contribution in [0.5, 0.6) is 11.5 Å². The van der Waals surface area contributed by atoms with Gasteiger partial charge in [-0.3, -0.25) is 4.79 Å².